The van der Waals surface area contributed by atoms with Gasteiger partial charge in [0.25, 0.3) is 0 Å². The summed E-state index contributed by atoms with van der Waals surface area (Å²) in [5, 5.41) is 0. The normalized spacial score (nSPS) is 15.4. The molecule has 0 saturated heterocycles. The quantitative estimate of drug-likeness (QED) is 0.146. The number of ether oxygens (including phenoxy) is 3. The number of nitrogens with zero attached hydrogens (tertiary/aromatic N) is 1. The molecule has 0 heterocycles. The van der Waals surface area contributed by atoms with Gasteiger partial charge < -0.3 is 14.2 Å². The Morgan fingerprint density at radius 1 is 0.932 bits per heavy atom. The van der Waals surface area contributed by atoms with Crippen LogP contribution in [0.25, 0.3) is 0 Å². The molecule has 0 spiro atoms. The summed E-state index contributed by atoms with van der Waals surface area (Å²) in [5.74, 6) is 0.450. The number of para-hydroxylation sites is 1. The SMILES string of the molecule is COC(=O)CCCCN(CCc1ccccc1O[C@H](C)c1ccc(C(C)(C)C)cc1)C1CCCc2cc(C(=O)OC)ccc21. The van der Waals surface area contributed by atoms with Crippen molar-refractivity contribution < 1.29 is 23.8 Å². The van der Waals surface area contributed by atoms with Crippen LogP contribution in [0.5, 0.6) is 5.75 Å². The minimum Gasteiger partial charge on any atom is -0.486 e. The van der Waals surface area contributed by atoms with Crippen molar-refractivity contribution in [2.24, 2.45) is 0 Å². The number of hydrogen-bond acceptors (Lipinski definition) is 6. The molecule has 0 amide bonds. The molecule has 44 heavy (non-hydrogen) atoms. The van der Waals surface area contributed by atoms with Crippen LogP contribution in [0.1, 0.15) is 110 Å². The number of fused-ring (bicyclic) bond motifs is 1. The number of hydrogen-bond donors (Lipinski definition) is 0. The van der Waals surface area contributed by atoms with Crippen molar-refractivity contribution in [2.75, 3.05) is 27.3 Å². The van der Waals surface area contributed by atoms with Crippen LogP contribution in [0.2, 0.25) is 0 Å². The highest BCUT2D eigenvalue weighted by atomic mass is 16.5. The summed E-state index contributed by atoms with van der Waals surface area (Å²) in [7, 11) is 2.86. The Kier molecular flexibility index (Phi) is 11.6. The smallest absolute Gasteiger partial charge is 0.337 e. The van der Waals surface area contributed by atoms with E-state index >= 15 is 0 Å². The molecule has 2 atom stereocenters. The van der Waals surface area contributed by atoms with E-state index in [0.717, 1.165) is 62.9 Å². The topological polar surface area (TPSA) is 65.1 Å². The Balaban J connectivity index is 1.50. The van der Waals surface area contributed by atoms with E-state index in [2.05, 4.69) is 81.1 Å². The second-order valence-corrected chi connectivity index (χ2v) is 12.9. The first-order valence-electron chi connectivity index (χ1n) is 16.0. The van der Waals surface area contributed by atoms with E-state index in [4.69, 9.17) is 14.2 Å². The van der Waals surface area contributed by atoms with Crippen LogP contribution in [0.3, 0.4) is 0 Å². The maximum Gasteiger partial charge on any atom is 0.337 e. The van der Waals surface area contributed by atoms with Gasteiger partial charge in [-0.25, -0.2) is 4.79 Å². The predicted molar refractivity (Wildman–Crippen MR) is 175 cm³/mol. The monoisotopic (exact) mass is 599 g/mol. The molecule has 6 heteroatoms. The van der Waals surface area contributed by atoms with Crippen LogP contribution in [0.4, 0.5) is 0 Å². The Morgan fingerprint density at radius 3 is 2.39 bits per heavy atom. The van der Waals surface area contributed by atoms with Gasteiger partial charge in [-0.2, -0.15) is 0 Å². The van der Waals surface area contributed by atoms with Gasteiger partial charge in [-0.3, -0.25) is 9.69 Å². The summed E-state index contributed by atoms with van der Waals surface area (Å²) in [4.78, 5) is 26.5. The summed E-state index contributed by atoms with van der Waals surface area (Å²) < 4.78 is 16.4. The van der Waals surface area contributed by atoms with Crippen molar-refractivity contribution in [2.45, 2.75) is 90.2 Å². The molecule has 3 aromatic carbocycles. The Bertz CT molecular complexity index is 1390. The van der Waals surface area contributed by atoms with Crippen molar-refractivity contribution in [3.8, 4) is 5.75 Å². The van der Waals surface area contributed by atoms with E-state index in [9.17, 15) is 9.59 Å². The molecule has 0 radical (unpaired) electrons. The average molecular weight is 600 g/mol. The Hall–Kier alpha value is -3.64. The van der Waals surface area contributed by atoms with Crippen LogP contribution in [0, 0.1) is 0 Å². The number of benzene rings is 3. The summed E-state index contributed by atoms with van der Waals surface area (Å²) >= 11 is 0. The average Bonchev–Trinajstić information content (AvgIpc) is 3.03. The number of rotatable bonds is 13. The molecule has 3 aromatic rings. The molecule has 0 N–H and O–H groups in total. The van der Waals surface area contributed by atoms with Crippen LogP contribution in [-0.2, 0) is 32.5 Å². The van der Waals surface area contributed by atoms with Crippen molar-refractivity contribution >= 4 is 11.9 Å². The first-order chi connectivity index (χ1) is 21.1. The van der Waals surface area contributed by atoms with Crippen LogP contribution in [-0.4, -0.2) is 44.1 Å². The van der Waals surface area contributed by atoms with E-state index < -0.39 is 0 Å². The van der Waals surface area contributed by atoms with E-state index in [0.29, 0.717) is 12.0 Å². The fourth-order valence-corrected chi connectivity index (χ4v) is 6.12. The number of esters is 2. The molecule has 1 aliphatic carbocycles. The highest BCUT2D eigenvalue weighted by molar-refractivity contribution is 5.89. The number of carbonyl (C=O) groups excluding carboxylic acids is 2. The molecule has 236 valence electrons. The molecule has 6 nitrogen and oxygen atoms in total. The van der Waals surface area contributed by atoms with Gasteiger partial charge in [-0.15, -0.1) is 0 Å². The highest BCUT2D eigenvalue weighted by Crippen LogP contribution is 2.36. The number of aryl methyl sites for hydroxylation is 1. The van der Waals surface area contributed by atoms with Gasteiger partial charge in [0.1, 0.15) is 11.9 Å². The van der Waals surface area contributed by atoms with Gasteiger partial charge in [0.2, 0.25) is 0 Å². The zero-order valence-electron chi connectivity index (χ0n) is 27.4. The van der Waals surface area contributed by atoms with Gasteiger partial charge in [-0.1, -0.05) is 69.3 Å². The highest BCUT2D eigenvalue weighted by Gasteiger charge is 2.27. The lowest BCUT2D eigenvalue weighted by Gasteiger charge is -2.36. The summed E-state index contributed by atoms with van der Waals surface area (Å²) in [6.45, 7) is 10.5. The van der Waals surface area contributed by atoms with Crippen LogP contribution in [0.15, 0.2) is 66.7 Å². The summed E-state index contributed by atoms with van der Waals surface area (Å²) in [6.07, 6.45) is 5.96. The van der Waals surface area contributed by atoms with E-state index in [1.807, 2.05) is 18.2 Å². The molecular formula is C38H49NO5. The minimum atomic E-state index is -0.300. The standard InChI is InChI=1S/C38H49NO5/c1-27(28-17-20-32(21-18-28)38(2,3)4)44-35-15-8-7-12-29(35)23-25-39(24-10-9-16-36(40)42-5)34-14-11-13-30-26-31(37(41)43-6)19-22-33(30)34/h7-8,12,15,17-22,26-27,34H,9-11,13-14,16,23-25H2,1-6H3/t27-,34?/m1/s1. The van der Waals surface area contributed by atoms with Crippen molar-refractivity contribution in [1.29, 1.82) is 0 Å². The van der Waals surface area contributed by atoms with Gasteiger partial charge in [0.15, 0.2) is 0 Å². The van der Waals surface area contributed by atoms with Crippen LogP contribution < -0.4 is 4.74 Å². The van der Waals surface area contributed by atoms with Crippen LogP contribution >= 0.6 is 0 Å². The second-order valence-electron chi connectivity index (χ2n) is 12.9. The molecule has 1 unspecified atom stereocenters. The van der Waals surface area contributed by atoms with Gasteiger partial charge >= 0.3 is 11.9 Å². The third-order valence-corrected chi connectivity index (χ3v) is 8.78. The fourth-order valence-electron chi connectivity index (χ4n) is 6.12. The zero-order chi connectivity index (χ0) is 31.7. The number of carbonyl (C=O) groups is 2. The molecule has 0 aliphatic heterocycles. The lowest BCUT2D eigenvalue weighted by molar-refractivity contribution is -0.140. The van der Waals surface area contributed by atoms with Gasteiger partial charge in [-0.05, 0) is 103 Å². The molecule has 0 aromatic heterocycles. The molecule has 1 aliphatic rings. The molecular weight excluding hydrogens is 550 g/mol. The molecule has 0 saturated carbocycles. The summed E-state index contributed by atoms with van der Waals surface area (Å²) in [6, 6.07) is 23.4. The van der Waals surface area contributed by atoms with Crippen molar-refractivity contribution in [1.82, 2.24) is 4.90 Å². The zero-order valence-corrected chi connectivity index (χ0v) is 27.4. The second kappa shape index (κ2) is 15.4. The maximum atomic E-state index is 12.2. The molecule has 4 rings (SSSR count). The van der Waals surface area contributed by atoms with E-state index in [1.165, 1.54) is 36.5 Å². The summed E-state index contributed by atoms with van der Waals surface area (Å²) in [5.41, 5.74) is 6.87. The minimum absolute atomic E-state index is 0.0752. The van der Waals surface area contributed by atoms with Gasteiger partial charge in [0, 0.05) is 19.0 Å². The van der Waals surface area contributed by atoms with E-state index in [-0.39, 0.29) is 29.5 Å². The number of unbranched alkanes of at least 4 members (excludes halogenated alkanes) is 1. The van der Waals surface area contributed by atoms with Crippen molar-refractivity contribution in [3.63, 3.8) is 0 Å². The first kappa shape index (κ1) is 33.3. The predicted octanol–water partition coefficient (Wildman–Crippen LogP) is 8.18. The lowest BCUT2D eigenvalue weighted by atomic mass is 9.85. The Labute approximate surface area is 263 Å². The Morgan fingerprint density at radius 2 is 1.68 bits per heavy atom. The van der Waals surface area contributed by atoms with Gasteiger partial charge in [0.05, 0.1) is 19.8 Å². The molecule has 0 bridgehead atoms. The maximum absolute atomic E-state index is 12.2. The number of methoxy groups -OCH3 is 2. The van der Waals surface area contributed by atoms with Crippen molar-refractivity contribution in [3.05, 3.63) is 100 Å². The lowest BCUT2D eigenvalue weighted by Crippen LogP contribution is -2.34. The first-order valence-corrected chi connectivity index (χ1v) is 16.0. The third kappa shape index (κ3) is 8.72. The molecule has 0 fully saturated rings. The van der Waals surface area contributed by atoms with E-state index in [1.54, 1.807) is 0 Å². The largest absolute Gasteiger partial charge is 0.486 e. The third-order valence-electron chi connectivity index (χ3n) is 8.78. The fraction of sp³-hybridized carbons (Fsp3) is 0.474.